The van der Waals surface area contributed by atoms with Crippen LogP contribution in [0, 0.1) is 17.8 Å². The number of anilines is 1. The molecule has 0 spiro atoms. The first kappa shape index (κ1) is 27.2. The zero-order valence-corrected chi connectivity index (χ0v) is 21.3. The molecule has 0 aliphatic rings. The number of methoxy groups -OCH3 is 1. The Balaban J connectivity index is 2.32. The number of hydrogen-bond donors (Lipinski definition) is 2. The van der Waals surface area contributed by atoms with Crippen molar-refractivity contribution >= 4 is 21.8 Å². The monoisotopic (exact) mass is 487 g/mol. The normalized spacial score (nSPS) is 12.1. The van der Waals surface area contributed by atoms with Crippen molar-refractivity contribution in [2.24, 2.45) is 5.92 Å². The van der Waals surface area contributed by atoms with E-state index in [0.717, 1.165) is 21.9 Å². The van der Waals surface area contributed by atoms with Crippen LogP contribution in [0.2, 0.25) is 0 Å². The minimum atomic E-state index is -3.78. The highest BCUT2D eigenvalue weighted by Crippen LogP contribution is 2.35. The van der Waals surface area contributed by atoms with Gasteiger partial charge in [-0.05, 0) is 29.7 Å². The molecule has 0 aliphatic carbocycles. The zero-order chi connectivity index (χ0) is 25.3. The first-order valence-electron chi connectivity index (χ1n) is 11.0. The Morgan fingerprint density at radius 1 is 1.09 bits per heavy atom. The highest BCUT2D eigenvalue weighted by molar-refractivity contribution is 7.87. The van der Waals surface area contributed by atoms with E-state index in [4.69, 9.17) is 9.47 Å². The standard InChI is InChI=1S/C25H33N3O5S/c1-7-8-11-16-33-22-15-14-19(17-23(22)32-6)20-12-9-10-13-21(20)26-25(29)24(18(2)3)27-34(30,31)28(4)5/h9-10,12-15,17-18,24,27H,7,16H2,1-6H3,(H,26,29)/t24-/m0/s1. The van der Waals surface area contributed by atoms with Gasteiger partial charge in [-0.2, -0.15) is 17.4 Å². The second-order valence-electron chi connectivity index (χ2n) is 8.02. The summed E-state index contributed by atoms with van der Waals surface area (Å²) in [5.74, 6) is 6.27. The molecule has 0 saturated heterocycles. The number of benzene rings is 2. The Hall–Kier alpha value is -3.06. The molecule has 0 fully saturated rings. The number of para-hydroxylation sites is 1. The van der Waals surface area contributed by atoms with Gasteiger partial charge in [-0.1, -0.05) is 51.0 Å². The van der Waals surface area contributed by atoms with Crippen molar-refractivity contribution in [2.45, 2.75) is 33.2 Å². The van der Waals surface area contributed by atoms with Crippen molar-refractivity contribution in [3.05, 3.63) is 42.5 Å². The number of hydrogen-bond acceptors (Lipinski definition) is 5. The Morgan fingerprint density at radius 2 is 1.79 bits per heavy atom. The molecule has 184 valence electrons. The van der Waals surface area contributed by atoms with E-state index >= 15 is 0 Å². The zero-order valence-electron chi connectivity index (χ0n) is 20.5. The Kier molecular flexibility index (Phi) is 9.93. The van der Waals surface area contributed by atoms with E-state index in [-0.39, 0.29) is 12.5 Å². The number of nitrogens with one attached hydrogen (secondary N) is 2. The van der Waals surface area contributed by atoms with Gasteiger partial charge in [-0.15, -0.1) is 5.92 Å². The molecule has 2 aromatic rings. The van der Waals surface area contributed by atoms with Crippen LogP contribution in [0.15, 0.2) is 42.5 Å². The minimum absolute atomic E-state index is 0.260. The summed E-state index contributed by atoms with van der Waals surface area (Å²) >= 11 is 0. The van der Waals surface area contributed by atoms with Crippen molar-refractivity contribution in [2.75, 3.05) is 33.1 Å². The van der Waals surface area contributed by atoms with Gasteiger partial charge in [0.1, 0.15) is 12.6 Å². The first-order valence-corrected chi connectivity index (χ1v) is 12.4. The van der Waals surface area contributed by atoms with E-state index in [2.05, 4.69) is 21.9 Å². The van der Waals surface area contributed by atoms with Crippen LogP contribution in [0.25, 0.3) is 11.1 Å². The summed E-state index contributed by atoms with van der Waals surface area (Å²) in [5, 5.41) is 2.88. The highest BCUT2D eigenvalue weighted by atomic mass is 32.2. The maximum atomic E-state index is 13.1. The molecule has 0 radical (unpaired) electrons. The molecule has 0 aromatic heterocycles. The van der Waals surface area contributed by atoms with Gasteiger partial charge in [-0.25, -0.2) is 0 Å². The van der Waals surface area contributed by atoms with Crippen molar-refractivity contribution in [1.29, 1.82) is 0 Å². The number of amides is 1. The maximum Gasteiger partial charge on any atom is 0.279 e. The summed E-state index contributed by atoms with van der Waals surface area (Å²) in [6.07, 6.45) is 0.760. The molecule has 0 unspecified atom stereocenters. The summed E-state index contributed by atoms with van der Waals surface area (Å²) in [7, 11) is 0.586. The second kappa shape index (κ2) is 12.4. The minimum Gasteiger partial charge on any atom is -0.493 e. The van der Waals surface area contributed by atoms with Crippen molar-refractivity contribution < 1.29 is 22.7 Å². The SMILES string of the molecule is CCC#CCOc1ccc(-c2ccccc2NC(=O)[C@@H](NS(=O)(=O)N(C)C)C(C)C)cc1OC. The van der Waals surface area contributed by atoms with E-state index in [1.54, 1.807) is 39.2 Å². The molecule has 0 heterocycles. The number of carbonyl (C=O) groups is 1. The lowest BCUT2D eigenvalue weighted by Crippen LogP contribution is -2.50. The van der Waals surface area contributed by atoms with E-state index in [1.807, 2.05) is 31.2 Å². The van der Waals surface area contributed by atoms with Crippen LogP contribution in [0.4, 0.5) is 5.69 Å². The summed E-state index contributed by atoms with van der Waals surface area (Å²) in [4.78, 5) is 13.1. The average Bonchev–Trinajstić information content (AvgIpc) is 2.80. The van der Waals surface area contributed by atoms with Crippen molar-refractivity contribution in [1.82, 2.24) is 9.03 Å². The molecule has 34 heavy (non-hydrogen) atoms. The Labute approximate surface area is 202 Å². The average molecular weight is 488 g/mol. The highest BCUT2D eigenvalue weighted by Gasteiger charge is 2.29. The predicted molar refractivity (Wildman–Crippen MR) is 135 cm³/mol. The van der Waals surface area contributed by atoms with Crippen molar-refractivity contribution in [3.8, 4) is 34.5 Å². The van der Waals surface area contributed by atoms with Crippen LogP contribution in [-0.2, 0) is 15.0 Å². The molecule has 2 N–H and O–H groups in total. The smallest absolute Gasteiger partial charge is 0.279 e. The van der Waals surface area contributed by atoms with Crippen LogP contribution in [0.3, 0.4) is 0 Å². The van der Waals surface area contributed by atoms with Crippen LogP contribution in [0.5, 0.6) is 11.5 Å². The van der Waals surface area contributed by atoms with Gasteiger partial charge in [-0.3, -0.25) is 4.79 Å². The third-order valence-electron chi connectivity index (χ3n) is 4.97. The number of rotatable bonds is 10. The van der Waals surface area contributed by atoms with Crippen molar-refractivity contribution in [3.63, 3.8) is 0 Å². The van der Waals surface area contributed by atoms with E-state index in [1.165, 1.54) is 14.1 Å². The molecular formula is C25H33N3O5S. The summed E-state index contributed by atoms with van der Waals surface area (Å²) in [6, 6.07) is 11.8. The van der Waals surface area contributed by atoms with Crippen LogP contribution in [0.1, 0.15) is 27.2 Å². The lowest BCUT2D eigenvalue weighted by Gasteiger charge is -2.24. The fraction of sp³-hybridized carbons (Fsp3) is 0.400. The van der Waals surface area contributed by atoms with Crippen LogP contribution >= 0.6 is 0 Å². The molecule has 2 aromatic carbocycles. The van der Waals surface area contributed by atoms with Gasteiger partial charge in [0.25, 0.3) is 10.2 Å². The first-order chi connectivity index (χ1) is 16.1. The molecule has 0 aliphatic heterocycles. The molecule has 1 amide bonds. The fourth-order valence-corrected chi connectivity index (χ4v) is 3.97. The second-order valence-corrected chi connectivity index (χ2v) is 9.94. The van der Waals surface area contributed by atoms with E-state index in [9.17, 15) is 13.2 Å². The molecule has 0 bridgehead atoms. The molecule has 1 atom stereocenters. The molecule has 8 nitrogen and oxygen atoms in total. The molecule has 2 rings (SSSR count). The summed E-state index contributed by atoms with van der Waals surface area (Å²) in [6.45, 7) is 5.79. The van der Waals surface area contributed by atoms with E-state index < -0.39 is 22.2 Å². The maximum absolute atomic E-state index is 13.1. The van der Waals surface area contributed by atoms with Gasteiger partial charge in [0.05, 0.1) is 7.11 Å². The largest absolute Gasteiger partial charge is 0.493 e. The van der Waals surface area contributed by atoms with Crippen LogP contribution in [-0.4, -0.2) is 52.5 Å². The van der Waals surface area contributed by atoms with Gasteiger partial charge < -0.3 is 14.8 Å². The Bertz CT molecular complexity index is 1150. The quantitative estimate of drug-likeness (QED) is 0.500. The molecule has 9 heteroatoms. The number of ether oxygens (including phenoxy) is 2. The fourth-order valence-electron chi connectivity index (χ4n) is 3.06. The summed E-state index contributed by atoms with van der Waals surface area (Å²) < 4.78 is 39.3. The van der Waals surface area contributed by atoms with Crippen LogP contribution < -0.4 is 19.5 Å². The number of carbonyl (C=O) groups excluding carboxylic acids is 1. The van der Waals surface area contributed by atoms with Gasteiger partial charge >= 0.3 is 0 Å². The molecule has 0 saturated carbocycles. The lowest BCUT2D eigenvalue weighted by atomic mass is 10.0. The third-order valence-corrected chi connectivity index (χ3v) is 6.48. The molecular weight excluding hydrogens is 454 g/mol. The summed E-state index contributed by atoms with van der Waals surface area (Å²) in [5.41, 5.74) is 2.10. The number of nitrogens with zero attached hydrogens (tertiary/aromatic N) is 1. The van der Waals surface area contributed by atoms with E-state index in [0.29, 0.717) is 17.2 Å². The topological polar surface area (TPSA) is 97.0 Å². The van der Waals surface area contributed by atoms with Gasteiger partial charge in [0.2, 0.25) is 5.91 Å². The lowest BCUT2D eigenvalue weighted by molar-refractivity contribution is -0.118. The van der Waals surface area contributed by atoms with Gasteiger partial charge in [0.15, 0.2) is 11.5 Å². The third kappa shape index (κ3) is 7.22. The predicted octanol–water partition coefficient (Wildman–Crippen LogP) is 3.51. The Morgan fingerprint density at radius 3 is 2.41 bits per heavy atom. The van der Waals surface area contributed by atoms with Gasteiger partial charge in [0, 0.05) is 31.8 Å².